The predicted molar refractivity (Wildman–Crippen MR) is 78.9 cm³/mol. The minimum absolute atomic E-state index is 0.0443. The van der Waals surface area contributed by atoms with E-state index < -0.39 is 0 Å². The number of ether oxygens (including phenoxy) is 1. The first-order valence-corrected chi connectivity index (χ1v) is 7.11. The summed E-state index contributed by atoms with van der Waals surface area (Å²) in [6.45, 7) is 5.56. The fourth-order valence-electron chi connectivity index (χ4n) is 1.59. The number of rotatable bonds is 7. The van der Waals surface area contributed by atoms with Crippen LogP contribution in [0.4, 0.5) is 10.8 Å². The van der Waals surface area contributed by atoms with Crippen LogP contribution < -0.4 is 15.4 Å². The van der Waals surface area contributed by atoms with E-state index >= 15 is 0 Å². The molecular formula is C12H22N4O2S. The van der Waals surface area contributed by atoms with E-state index in [1.54, 1.807) is 19.0 Å². The molecule has 0 bridgehead atoms. The topological polar surface area (TPSA) is 71.7 Å². The van der Waals surface area contributed by atoms with Gasteiger partial charge in [0, 0.05) is 20.6 Å². The molecule has 0 saturated heterocycles. The van der Waals surface area contributed by atoms with Crippen molar-refractivity contribution in [3.8, 4) is 5.75 Å². The van der Waals surface area contributed by atoms with Crippen LogP contribution in [0.3, 0.4) is 0 Å². The van der Waals surface area contributed by atoms with Crippen molar-refractivity contribution in [3.63, 3.8) is 0 Å². The molecule has 1 rings (SSSR count). The van der Waals surface area contributed by atoms with Crippen LogP contribution in [0.2, 0.25) is 0 Å². The van der Waals surface area contributed by atoms with E-state index in [1.807, 2.05) is 11.8 Å². The van der Waals surface area contributed by atoms with E-state index in [0.717, 1.165) is 18.0 Å². The lowest BCUT2D eigenvalue weighted by Crippen LogP contribution is -2.37. The molecule has 0 aliphatic heterocycles. The van der Waals surface area contributed by atoms with Crippen molar-refractivity contribution in [1.82, 2.24) is 9.27 Å². The Kier molecular flexibility index (Phi) is 5.88. The molecule has 0 aromatic carbocycles. The first-order valence-electron chi connectivity index (χ1n) is 6.34. The highest BCUT2D eigenvalue weighted by Gasteiger charge is 2.21. The molecule has 2 N–H and O–H groups in total. The summed E-state index contributed by atoms with van der Waals surface area (Å²) in [5.74, 6) is 1.02. The Morgan fingerprint density at radius 3 is 2.63 bits per heavy atom. The normalized spacial score (nSPS) is 10.3. The number of nitrogen functional groups attached to an aromatic ring is 1. The molecule has 0 saturated carbocycles. The molecule has 0 unspecified atom stereocenters. The van der Waals surface area contributed by atoms with Crippen molar-refractivity contribution in [1.29, 1.82) is 0 Å². The van der Waals surface area contributed by atoms with Gasteiger partial charge in [0.1, 0.15) is 0 Å². The van der Waals surface area contributed by atoms with Crippen LogP contribution in [0.1, 0.15) is 20.3 Å². The number of hydrogen-bond donors (Lipinski definition) is 1. The fourth-order valence-corrected chi connectivity index (χ4v) is 2.38. The minimum Gasteiger partial charge on any atom is -0.487 e. The zero-order chi connectivity index (χ0) is 14.4. The molecule has 0 aliphatic carbocycles. The maximum Gasteiger partial charge on any atom is 0.241 e. The number of hydrogen-bond acceptors (Lipinski definition) is 6. The number of carbonyl (C=O) groups is 1. The quantitative estimate of drug-likeness (QED) is 0.821. The molecule has 0 radical (unpaired) electrons. The Morgan fingerprint density at radius 2 is 2.11 bits per heavy atom. The fraction of sp³-hybridized carbons (Fsp3) is 0.667. The van der Waals surface area contributed by atoms with E-state index in [4.69, 9.17) is 10.5 Å². The molecule has 1 aromatic heterocycles. The number of nitrogens with two attached hydrogens (primary N) is 1. The second-order valence-corrected chi connectivity index (χ2v) is 5.10. The lowest BCUT2D eigenvalue weighted by Gasteiger charge is -2.24. The van der Waals surface area contributed by atoms with Crippen molar-refractivity contribution in [2.75, 3.05) is 44.4 Å². The van der Waals surface area contributed by atoms with Crippen LogP contribution in [0, 0.1) is 0 Å². The van der Waals surface area contributed by atoms with Crippen molar-refractivity contribution in [2.45, 2.75) is 20.3 Å². The average Bonchev–Trinajstić information content (AvgIpc) is 2.71. The highest BCUT2D eigenvalue weighted by Crippen LogP contribution is 2.38. The van der Waals surface area contributed by atoms with Crippen molar-refractivity contribution in [3.05, 3.63) is 0 Å². The van der Waals surface area contributed by atoms with E-state index in [2.05, 4.69) is 11.3 Å². The zero-order valence-electron chi connectivity index (χ0n) is 12.0. The molecule has 0 atom stereocenters. The lowest BCUT2D eigenvalue weighted by atomic mass is 10.3. The van der Waals surface area contributed by atoms with Crippen molar-refractivity contribution in [2.24, 2.45) is 0 Å². The minimum atomic E-state index is 0.0443. The van der Waals surface area contributed by atoms with Gasteiger partial charge < -0.3 is 20.3 Å². The molecule has 1 aromatic rings. The molecule has 19 heavy (non-hydrogen) atoms. The van der Waals surface area contributed by atoms with Gasteiger partial charge in [-0.2, -0.15) is 4.37 Å². The molecule has 1 amide bonds. The monoisotopic (exact) mass is 286 g/mol. The third-order valence-corrected chi connectivity index (χ3v) is 3.46. The van der Waals surface area contributed by atoms with Crippen LogP contribution >= 0.6 is 11.5 Å². The highest BCUT2D eigenvalue weighted by atomic mass is 32.1. The van der Waals surface area contributed by atoms with Gasteiger partial charge in [0.2, 0.25) is 5.91 Å². The van der Waals surface area contributed by atoms with Gasteiger partial charge in [0.05, 0.1) is 13.2 Å². The van der Waals surface area contributed by atoms with Crippen molar-refractivity contribution >= 4 is 28.3 Å². The first-order chi connectivity index (χ1) is 9.01. The molecule has 0 fully saturated rings. The second kappa shape index (κ2) is 7.18. The molecule has 0 aliphatic rings. The van der Waals surface area contributed by atoms with Gasteiger partial charge in [-0.05, 0) is 24.9 Å². The van der Waals surface area contributed by atoms with Gasteiger partial charge >= 0.3 is 0 Å². The molecule has 7 heteroatoms. The summed E-state index contributed by atoms with van der Waals surface area (Å²) in [6, 6.07) is 0. The largest absolute Gasteiger partial charge is 0.487 e. The summed E-state index contributed by atoms with van der Waals surface area (Å²) in [6.07, 6.45) is 0.935. The number of amides is 1. The van der Waals surface area contributed by atoms with E-state index in [1.165, 1.54) is 11.5 Å². The summed E-state index contributed by atoms with van der Waals surface area (Å²) < 4.78 is 9.65. The number of nitrogens with zero attached hydrogens (tertiary/aromatic N) is 3. The smallest absolute Gasteiger partial charge is 0.241 e. The Labute approximate surface area is 118 Å². The van der Waals surface area contributed by atoms with Crippen LogP contribution in [0.15, 0.2) is 0 Å². The summed E-state index contributed by atoms with van der Waals surface area (Å²) >= 11 is 1.27. The maximum absolute atomic E-state index is 11.9. The Hall–Kier alpha value is -1.50. The highest BCUT2D eigenvalue weighted by molar-refractivity contribution is 7.11. The van der Waals surface area contributed by atoms with Crippen LogP contribution in [0.5, 0.6) is 5.75 Å². The summed E-state index contributed by atoms with van der Waals surface area (Å²) in [4.78, 5) is 15.4. The van der Waals surface area contributed by atoms with Gasteiger partial charge in [0.15, 0.2) is 16.6 Å². The third-order valence-electron chi connectivity index (χ3n) is 2.55. The van der Waals surface area contributed by atoms with E-state index in [-0.39, 0.29) is 5.91 Å². The Bertz CT molecular complexity index is 420. The van der Waals surface area contributed by atoms with Gasteiger partial charge in [-0.3, -0.25) is 4.79 Å². The van der Waals surface area contributed by atoms with Crippen LogP contribution in [-0.2, 0) is 4.79 Å². The van der Waals surface area contributed by atoms with Crippen LogP contribution in [0.25, 0.3) is 0 Å². The first kappa shape index (κ1) is 15.6. The number of aromatic nitrogens is 1. The second-order valence-electron chi connectivity index (χ2n) is 4.34. The van der Waals surface area contributed by atoms with E-state index in [0.29, 0.717) is 24.7 Å². The molecule has 1 heterocycles. The van der Waals surface area contributed by atoms with Gasteiger partial charge in [-0.1, -0.05) is 6.92 Å². The predicted octanol–water partition coefficient (Wildman–Crippen LogP) is 1.43. The van der Waals surface area contributed by atoms with Gasteiger partial charge in [-0.15, -0.1) is 0 Å². The SMILES string of the molecule is CCCN(CC(=O)N(C)C)c1snc(N)c1OCC. The standard InChI is InChI=1S/C12H22N4O2S/c1-5-7-16(8-9(17)15(3)4)12-10(18-6-2)11(13)14-19-12/h5-8H2,1-4H3,(H2,13,14). The van der Waals surface area contributed by atoms with Gasteiger partial charge in [0.25, 0.3) is 0 Å². The van der Waals surface area contributed by atoms with Crippen molar-refractivity contribution < 1.29 is 9.53 Å². The number of likely N-dealkylation sites (N-methyl/N-ethyl adjacent to an activating group) is 1. The molecule has 6 nitrogen and oxygen atoms in total. The number of anilines is 2. The summed E-state index contributed by atoms with van der Waals surface area (Å²) in [5, 5.41) is 0.830. The molecular weight excluding hydrogens is 264 g/mol. The molecule has 0 spiro atoms. The number of carbonyl (C=O) groups excluding carboxylic acids is 1. The summed E-state index contributed by atoms with van der Waals surface area (Å²) in [7, 11) is 3.49. The van der Waals surface area contributed by atoms with Crippen LogP contribution in [-0.4, -0.2) is 49.0 Å². The summed E-state index contributed by atoms with van der Waals surface area (Å²) in [5.41, 5.74) is 5.80. The maximum atomic E-state index is 11.9. The van der Waals surface area contributed by atoms with Gasteiger partial charge in [-0.25, -0.2) is 0 Å². The lowest BCUT2D eigenvalue weighted by molar-refractivity contribution is -0.127. The Balaban J connectivity index is 2.95. The zero-order valence-corrected chi connectivity index (χ0v) is 12.8. The molecule has 108 valence electrons. The Morgan fingerprint density at radius 1 is 1.42 bits per heavy atom. The third kappa shape index (κ3) is 3.99. The average molecular weight is 286 g/mol. The van der Waals surface area contributed by atoms with E-state index in [9.17, 15) is 4.79 Å².